The van der Waals surface area contributed by atoms with Gasteiger partial charge < -0.3 is 14.4 Å². The lowest BCUT2D eigenvalue weighted by Crippen LogP contribution is -2.35. The van der Waals surface area contributed by atoms with E-state index in [0.29, 0.717) is 19.7 Å². The van der Waals surface area contributed by atoms with Gasteiger partial charge in [0.1, 0.15) is 5.60 Å². The van der Waals surface area contributed by atoms with E-state index < -0.39 is 5.60 Å². The fourth-order valence-corrected chi connectivity index (χ4v) is 1.84. The van der Waals surface area contributed by atoms with Crippen LogP contribution in [0.5, 0.6) is 0 Å². The van der Waals surface area contributed by atoms with Crippen LogP contribution in [0.2, 0.25) is 0 Å². The Balaban J connectivity index is 2.41. The van der Waals surface area contributed by atoms with Crippen molar-refractivity contribution in [1.29, 1.82) is 0 Å². The molecule has 19 heavy (non-hydrogen) atoms. The highest BCUT2D eigenvalue weighted by Gasteiger charge is 2.28. The molecule has 0 aromatic carbocycles. The number of carbonyl (C=O) groups excluding carboxylic acids is 2. The first-order chi connectivity index (χ1) is 8.81. The van der Waals surface area contributed by atoms with Gasteiger partial charge in [-0.15, -0.1) is 0 Å². The van der Waals surface area contributed by atoms with Gasteiger partial charge in [0, 0.05) is 19.2 Å². The molecule has 1 atom stereocenters. The van der Waals surface area contributed by atoms with Crippen LogP contribution < -0.4 is 0 Å². The first-order valence-corrected chi connectivity index (χ1v) is 6.64. The normalized spacial score (nSPS) is 19.8. The zero-order chi connectivity index (χ0) is 14.5. The van der Waals surface area contributed by atoms with Crippen molar-refractivity contribution in [3.8, 4) is 0 Å². The number of ether oxygens (including phenoxy) is 2. The zero-order valence-corrected chi connectivity index (χ0v) is 12.1. The van der Waals surface area contributed by atoms with Crippen molar-refractivity contribution in [2.24, 2.45) is 5.92 Å². The molecule has 1 rings (SSSR count). The molecule has 1 saturated heterocycles. The molecule has 5 nitrogen and oxygen atoms in total. The summed E-state index contributed by atoms with van der Waals surface area (Å²) in [5.74, 6) is -0.143. The molecule has 0 aliphatic carbocycles. The van der Waals surface area contributed by atoms with E-state index in [4.69, 9.17) is 9.47 Å². The first kappa shape index (κ1) is 15.5. The molecule has 1 aliphatic heterocycles. The Morgan fingerprint density at radius 3 is 2.63 bits per heavy atom. The molecule has 5 heteroatoms. The van der Waals surface area contributed by atoms with Gasteiger partial charge in [-0.25, -0.2) is 9.59 Å². The quantitative estimate of drug-likeness (QED) is 0.583. The van der Waals surface area contributed by atoms with Crippen LogP contribution in [0.25, 0.3) is 0 Å². The minimum absolute atomic E-state index is 0.192. The largest absolute Gasteiger partial charge is 0.463 e. The van der Waals surface area contributed by atoms with Crippen molar-refractivity contribution in [1.82, 2.24) is 4.90 Å². The lowest BCUT2D eigenvalue weighted by atomic mass is 10.1. The number of carbonyl (C=O) groups is 2. The molecule has 0 spiro atoms. The van der Waals surface area contributed by atoms with Crippen LogP contribution in [0.1, 0.15) is 34.1 Å². The van der Waals surface area contributed by atoms with Gasteiger partial charge in [0.05, 0.1) is 6.61 Å². The summed E-state index contributed by atoms with van der Waals surface area (Å²) in [6.07, 6.45) is 3.80. The molecule has 0 bridgehead atoms. The predicted molar refractivity (Wildman–Crippen MR) is 71.7 cm³/mol. The lowest BCUT2D eigenvalue weighted by molar-refractivity contribution is -0.137. The van der Waals surface area contributed by atoms with Crippen molar-refractivity contribution in [2.75, 3.05) is 19.7 Å². The van der Waals surface area contributed by atoms with Gasteiger partial charge in [-0.3, -0.25) is 0 Å². The second-order valence-corrected chi connectivity index (χ2v) is 5.59. The van der Waals surface area contributed by atoms with Crippen LogP contribution in [-0.2, 0) is 14.3 Å². The third kappa shape index (κ3) is 5.77. The average Bonchev–Trinajstić information content (AvgIpc) is 2.73. The Morgan fingerprint density at radius 1 is 1.37 bits per heavy atom. The highest BCUT2D eigenvalue weighted by atomic mass is 16.6. The van der Waals surface area contributed by atoms with Crippen LogP contribution in [0.4, 0.5) is 4.79 Å². The lowest BCUT2D eigenvalue weighted by Gasteiger charge is -2.24. The maximum atomic E-state index is 11.8. The highest BCUT2D eigenvalue weighted by Crippen LogP contribution is 2.20. The molecule has 1 amide bonds. The summed E-state index contributed by atoms with van der Waals surface area (Å²) in [5.41, 5.74) is -0.476. The van der Waals surface area contributed by atoms with Crippen LogP contribution in [0, 0.1) is 5.92 Å². The van der Waals surface area contributed by atoms with Gasteiger partial charge >= 0.3 is 12.1 Å². The molecular weight excluding hydrogens is 246 g/mol. The number of hydrogen-bond acceptors (Lipinski definition) is 4. The molecule has 1 heterocycles. The number of nitrogens with zero attached hydrogens (tertiary/aromatic N) is 1. The summed E-state index contributed by atoms with van der Waals surface area (Å²) in [6, 6.07) is 0. The molecule has 1 unspecified atom stereocenters. The Bertz CT molecular complexity index is 357. The van der Waals surface area contributed by atoms with Crippen LogP contribution in [0.3, 0.4) is 0 Å². The molecular formula is C14H23NO4. The van der Waals surface area contributed by atoms with E-state index >= 15 is 0 Å². The Morgan fingerprint density at radius 2 is 2.05 bits per heavy atom. The maximum absolute atomic E-state index is 11.8. The number of rotatable bonds is 3. The minimum atomic E-state index is -0.476. The standard InChI is InChI=1S/C14H23NO4/c1-5-18-12(16)7-6-11-8-9-15(10-11)13(17)19-14(2,3)4/h6-7,11H,5,8-10H2,1-4H3. The Labute approximate surface area is 114 Å². The Hall–Kier alpha value is -1.52. The van der Waals surface area contributed by atoms with Gasteiger partial charge in [-0.05, 0) is 40.0 Å². The summed E-state index contributed by atoms with van der Waals surface area (Å²) < 4.78 is 10.1. The molecule has 0 aromatic heterocycles. The van der Waals surface area contributed by atoms with Crippen molar-refractivity contribution in [3.63, 3.8) is 0 Å². The fourth-order valence-electron chi connectivity index (χ4n) is 1.84. The van der Waals surface area contributed by atoms with Gasteiger partial charge in [-0.2, -0.15) is 0 Å². The maximum Gasteiger partial charge on any atom is 0.410 e. The van der Waals surface area contributed by atoms with Crippen LogP contribution >= 0.6 is 0 Å². The van der Waals surface area contributed by atoms with Gasteiger partial charge in [-0.1, -0.05) is 6.08 Å². The van der Waals surface area contributed by atoms with Crippen molar-refractivity contribution >= 4 is 12.1 Å². The number of amides is 1. The number of likely N-dealkylation sites (tertiary alicyclic amines) is 1. The number of esters is 1. The topological polar surface area (TPSA) is 55.8 Å². The average molecular weight is 269 g/mol. The predicted octanol–water partition coefficient (Wildman–Crippen LogP) is 2.36. The van der Waals surface area contributed by atoms with E-state index in [-0.39, 0.29) is 18.0 Å². The second-order valence-electron chi connectivity index (χ2n) is 5.59. The molecule has 0 aromatic rings. The van der Waals surface area contributed by atoms with E-state index in [1.807, 2.05) is 26.8 Å². The molecule has 0 N–H and O–H groups in total. The summed E-state index contributed by atoms with van der Waals surface area (Å²) in [4.78, 5) is 24.7. The Kier molecular flexibility index (Phi) is 5.39. The first-order valence-electron chi connectivity index (χ1n) is 6.64. The SMILES string of the molecule is CCOC(=O)C=CC1CCN(C(=O)OC(C)(C)C)C1. The van der Waals surface area contributed by atoms with E-state index in [1.165, 1.54) is 6.08 Å². The van der Waals surface area contributed by atoms with Crippen LogP contribution in [0.15, 0.2) is 12.2 Å². The zero-order valence-electron chi connectivity index (χ0n) is 12.1. The molecule has 1 fully saturated rings. The summed E-state index contributed by atoms with van der Waals surface area (Å²) >= 11 is 0. The summed E-state index contributed by atoms with van der Waals surface area (Å²) in [7, 11) is 0. The van der Waals surface area contributed by atoms with Gasteiger partial charge in [0.2, 0.25) is 0 Å². The third-order valence-corrected chi connectivity index (χ3v) is 2.67. The van der Waals surface area contributed by atoms with E-state index in [1.54, 1.807) is 11.8 Å². The number of hydrogen-bond donors (Lipinski definition) is 0. The molecule has 0 saturated carbocycles. The molecule has 108 valence electrons. The van der Waals surface area contributed by atoms with Gasteiger partial charge in [0.25, 0.3) is 0 Å². The second kappa shape index (κ2) is 6.59. The third-order valence-electron chi connectivity index (χ3n) is 2.67. The minimum Gasteiger partial charge on any atom is -0.463 e. The fraction of sp³-hybridized carbons (Fsp3) is 0.714. The smallest absolute Gasteiger partial charge is 0.410 e. The summed E-state index contributed by atoms with van der Waals surface area (Å²) in [5, 5.41) is 0. The molecule has 0 radical (unpaired) electrons. The van der Waals surface area contributed by atoms with Crippen molar-refractivity contribution in [3.05, 3.63) is 12.2 Å². The van der Waals surface area contributed by atoms with Crippen molar-refractivity contribution in [2.45, 2.75) is 39.7 Å². The van der Waals surface area contributed by atoms with E-state index in [2.05, 4.69) is 0 Å². The highest BCUT2D eigenvalue weighted by molar-refractivity contribution is 5.81. The van der Waals surface area contributed by atoms with Gasteiger partial charge in [0.15, 0.2) is 0 Å². The van der Waals surface area contributed by atoms with Crippen LogP contribution in [-0.4, -0.2) is 42.3 Å². The summed E-state index contributed by atoms with van der Waals surface area (Å²) in [6.45, 7) is 8.93. The van der Waals surface area contributed by atoms with E-state index in [9.17, 15) is 9.59 Å². The molecule has 1 aliphatic rings. The monoisotopic (exact) mass is 269 g/mol. The van der Waals surface area contributed by atoms with E-state index in [0.717, 1.165) is 6.42 Å². The van der Waals surface area contributed by atoms with Crippen molar-refractivity contribution < 1.29 is 19.1 Å².